The fourth-order valence-electron chi connectivity index (χ4n) is 3.00. The van der Waals surface area contributed by atoms with Crippen LogP contribution in [0.3, 0.4) is 0 Å². The van der Waals surface area contributed by atoms with Gasteiger partial charge in [-0.05, 0) is 32.0 Å². The molecule has 180 valence electrons. The van der Waals surface area contributed by atoms with E-state index < -0.39 is 5.97 Å². The topological polar surface area (TPSA) is 117 Å². The lowest BCUT2D eigenvalue weighted by atomic mass is 10.2. The zero-order valence-corrected chi connectivity index (χ0v) is 20.9. The molecule has 0 saturated heterocycles. The van der Waals surface area contributed by atoms with E-state index in [0.29, 0.717) is 44.7 Å². The Kier molecular flexibility index (Phi) is 8.66. The van der Waals surface area contributed by atoms with Gasteiger partial charge in [-0.2, -0.15) is 0 Å². The van der Waals surface area contributed by atoms with Crippen molar-refractivity contribution in [3.8, 4) is 22.9 Å². The highest BCUT2D eigenvalue weighted by atomic mass is 32.2. The molecular weight excluding hydrogens is 478 g/mol. The van der Waals surface area contributed by atoms with Gasteiger partial charge in [0.2, 0.25) is 5.91 Å². The number of aromatic nitrogens is 4. The first-order valence-electron chi connectivity index (χ1n) is 10.2. The van der Waals surface area contributed by atoms with Gasteiger partial charge in [-0.25, -0.2) is 9.78 Å². The largest absolute Gasteiger partial charge is 0.493 e. The number of thiazole rings is 1. The Morgan fingerprint density at radius 3 is 2.68 bits per heavy atom. The second-order valence-corrected chi connectivity index (χ2v) is 8.71. The van der Waals surface area contributed by atoms with E-state index in [1.54, 1.807) is 40.2 Å². The van der Waals surface area contributed by atoms with Crippen molar-refractivity contribution < 1.29 is 23.8 Å². The predicted molar refractivity (Wildman–Crippen MR) is 131 cm³/mol. The molecule has 0 aliphatic rings. The predicted octanol–water partition coefficient (Wildman–Crippen LogP) is 3.82. The first-order chi connectivity index (χ1) is 16.4. The minimum absolute atomic E-state index is 0.0780. The lowest BCUT2D eigenvalue weighted by Crippen LogP contribution is -2.14. The third kappa shape index (κ3) is 5.75. The number of thioether (sulfide) groups is 1. The molecule has 0 fully saturated rings. The number of hydrogen-bond acceptors (Lipinski definition) is 10. The number of ether oxygens (including phenoxy) is 3. The average molecular weight is 504 g/mol. The number of rotatable bonds is 11. The van der Waals surface area contributed by atoms with E-state index in [-0.39, 0.29) is 18.3 Å². The molecule has 0 saturated carbocycles. The Morgan fingerprint density at radius 1 is 1.24 bits per heavy atom. The summed E-state index contributed by atoms with van der Waals surface area (Å²) in [4.78, 5) is 29.1. The van der Waals surface area contributed by atoms with E-state index >= 15 is 0 Å². The van der Waals surface area contributed by atoms with E-state index in [1.165, 1.54) is 11.8 Å². The minimum atomic E-state index is -0.451. The summed E-state index contributed by atoms with van der Waals surface area (Å²) < 4.78 is 17.5. The fraction of sp³-hybridized carbons (Fsp3) is 0.318. The Hall–Kier alpha value is -3.38. The Bertz CT molecular complexity index is 1190. The number of nitrogens with zero attached hydrogens (tertiary/aromatic N) is 4. The molecule has 0 bridgehead atoms. The van der Waals surface area contributed by atoms with Crippen LogP contribution in [-0.4, -0.2) is 58.2 Å². The number of hydrogen-bond donors (Lipinski definition) is 1. The van der Waals surface area contributed by atoms with Crippen molar-refractivity contribution in [2.24, 2.45) is 0 Å². The Balaban J connectivity index is 1.72. The molecule has 1 N–H and O–H groups in total. The summed E-state index contributed by atoms with van der Waals surface area (Å²) >= 11 is 2.31. The van der Waals surface area contributed by atoms with E-state index in [1.807, 2.05) is 16.7 Å². The molecule has 34 heavy (non-hydrogen) atoms. The van der Waals surface area contributed by atoms with Crippen LogP contribution in [0.2, 0.25) is 0 Å². The van der Waals surface area contributed by atoms with Crippen LogP contribution >= 0.6 is 23.1 Å². The van der Waals surface area contributed by atoms with Gasteiger partial charge in [0, 0.05) is 12.1 Å². The summed E-state index contributed by atoms with van der Waals surface area (Å²) in [7, 11) is 3.14. The van der Waals surface area contributed by atoms with Crippen LogP contribution in [0.15, 0.2) is 36.0 Å². The number of aryl methyl sites for hydroxylation is 1. The molecule has 0 spiro atoms. The monoisotopic (exact) mass is 503 g/mol. The standard InChI is InChI=1S/C22H25N5O5S2/c1-6-10-27-19(14-8-9-15(30-4)16(11-14)31-5)25-26-22(27)33-12-17(28)24-21-23-13(3)18(34-21)20(29)32-7-2/h6,8-9,11H,1,7,10,12H2,2-5H3,(H,23,24,28). The van der Waals surface area contributed by atoms with Crippen molar-refractivity contribution in [1.29, 1.82) is 0 Å². The molecule has 1 aromatic carbocycles. The third-order valence-corrected chi connectivity index (χ3v) is 6.53. The number of esters is 1. The van der Waals surface area contributed by atoms with Gasteiger partial charge >= 0.3 is 5.97 Å². The highest BCUT2D eigenvalue weighted by Crippen LogP contribution is 2.33. The summed E-state index contributed by atoms with van der Waals surface area (Å²) in [5, 5.41) is 12.2. The lowest BCUT2D eigenvalue weighted by Gasteiger charge is -2.11. The van der Waals surface area contributed by atoms with E-state index in [9.17, 15) is 9.59 Å². The van der Waals surface area contributed by atoms with Gasteiger partial charge in [-0.15, -0.1) is 16.8 Å². The lowest BCUT2D eigenvalue weighted by molar-refractivity contribution is -0.113. The number of anilines is 1. The quantitative estimate of drug-likeness (QED) is 0.237. The summed E-state index contributed by atoms with van der Waals surface area (Å²) in [6.07, 6.45) is 1.73. The molecule has 2 heterocycles. The maximum Gasteiger partial charge on any atom is 0.350 e. The number of carbonyl (C=O) groups excluding carboxylic acids is 2. The maximum atomic E-state index is 12.5. The van der Waals surface area contributed by atoms with Crippen molar-refractivity contribution >= 4 is 40.1 Å². The molecule has 12 heteroatoms. The van der Waals surface area contributed by atoms with Crippen molar-refractivity contribution in [1.82, 2.24) is 19.7 Å². The van der Waals surface area contributed by atoms with Crippen LogP contribution in [0.25, 0.3) is 11.4 Å². The van der Waals surface area contributed by atoms with E-state index in [4.69, 9.17) is 14.2 Å². The highest BCUT2D eigenvalue weighted by Gasteiger charge is 2.19. The number of allylic oxidation sites excluding steroid dienone is 1. The summed E-state index contributed by atoms with van der Waals surface area (Å²) in [6, 6.07) is 5.47. The minimum Gasteiger partial charge on any atom is -0.493 e. The van der Waals surface area contributed by atoms with Crippen LogP contribution in [0.1, 0.15) is 22.3 Å². The molecule has 0 atom stereocenters. The third-order valence-electron chi connectivity index (χ3n) is 4.51. The molecule has 10 nitrogen and oxygen atoms in total. The number of carbonyl (C=O) groups is 2. The Labute approximate surface area is 205 Å². The first-order valence-corrected chi connectivity index (χ1v) is 12.1. The van der Waals surface area contributed by atoms with Gasteiger partial charge in [-0.3, -0.25) is 9.36 Å². The molecule has 0 aliphatic carbocycles. The number of amides is 1. The van der Waals surface area contributed by atoms with Crippen molar-refractivity contribution in [2.45, 2.75) is 25.5 Å². The van der Waals surface area contributed by atoms with Crippen LogP contribution in [-0.2, 0) is 16.1 Å². The smallest absolute Gasteiger partial charge is 0.350 e. The van der Waals surface area contributed by atoms with Crippen molar-refractivity contribution in [3.63, 3.8) is 0 Å². The van der Waals surface area contributed by atoms with Gasteiger partial charge in [0.15, 0.2) is 27.6 Å². The molecular formula is C22H25N5O5S2. The van der Waals surface area contributed by atoms with E-state index in [0.717, 1.165) is 16.9 Å². The number of nitrogens with one attached hydrogen (secondary N) is 1. The zero-order valence-electron chi connectivity index (χ0n) is 19.3. The maximum absolute atomic E-state index is 12.5. The van der Waals surface area contributed by atoms with Gasteiger partial charge < -0.3 is 19.5 Å². The molecule has 2 aromatic heterocycles. The summed E-state index contributed by atoms with van der Waals surface area (Å²) in [5.41, 5.74) is 1.30. The molecule has 0 radical (unpaired) electrons. The first kappa shape index (κ1) is 25.2. The van der Waals surface area contributed by atoms with E-state index in [2.05, 4.69) is 27.1 Å². The zero-order chi connectivity index (χ0) is 24.7. The van der Waals surface area contributed by atoms with Crippen molar-refractivity contribution in [3.05, 3.63) is 41.4 Å². The summed E-state index contributed by atoms with van der Waals surface area (Å²) in [6.45, 7) is 7.96. The fourth-order valence-corrected chi connectivity index (χ4v) is 4.62. The second-order valence-electron chi connectivity index (χ2n) is 6.77. The van der Waals surface area contributed by atoms with Gasteiger partial charge in [0.1, 0.15) is 4.88 Å². The van der Waals surface area contributed by atoms with Gasteiger partial charge in [0.25, 0.3) is 0 Å². The van der Waals surface area contributed by atoms with Gasteiger partial charge in [0.05, 0.1) is 32.3 Å². The SMILES string of the molecule is C=CCn1c(SCC(=O)Nc2nc(C)c(C(=O)OCC)s2)nnc1-c1ccc(OC)c(OC)c1. The second kappa shape index (κ2) is 11.7. The van der Waals surface area contributed by atoms with Crippen LogP contribution in [0, 0.1) is 6.92 Å². The average Bonchev–Trinajstić information content (AvgIpc) is 3.40. The summed E-state index contributed by atoms with van der Waals surface area (Å²) in [5.74, 6) is 1.13. The number of methoxy groups -OCH3 is 2. The highest BCUT2D eigenvalue weighted by molar-refractivity contribution is 7.99. The van der Waals surface area contributed by atoms with Crippen LogP contribution in [0.4, 0.5) is 5.13 Å². The van der Waals surface area contributed by atoms with Gasteiger partial charge in [-0.1, -0.05) is 29.2 Å². The van der Waals surface area contributed by atoms with Crippen LogP contribution < -0.4 is 14.8 Å². The normalized spacial score (nSPS) is 10.6. The molecule has 1 amide bonds. The molecule has 0 aliphatic heterocycles. The molecule has 0 unspecified atom stereocenters. The number of benzene rings is 1. The van der Waals surface area contributed by atoms with Crippen molar-refractivity contribution in [2.75, 3.05) is 31.9 Å². The Morgan fingerprint density at radius 2 is 2.00 bits per heavy atom. The molecule has 3 aromatic rings. The molecule has 3 rings (SSSR count). The van der Waals surface area contributed by atoms with Crippen LogP contribution in [0.5, 0.6) is 11.5 Å².